The summed E-state index contributed by atoms with van der Waals surface area (Å²) in [6.45, 7) is 6.58. The first kappa shape index (κ1) is 15.6. The normalized spacial score (nSPS) is 12.5. The Labute approximate surface area is 112 Å². The number of benzene rings is 1. The summed E-state index contributed by atoms with van der Waals surface area (Å²) in [5.74, 6) is -0.971. The highest BCUT2D eigenvalue weighted by molar-refractivity contribution is 5.81. The summed E-state index contributed by atoms with van der Waals surface area (Å²) in [7, 11) is 0. The Morgan fingerprint density at radius 1 is 1.16 bits per heavy atom. The van der Waals surface area contributed by atoms with Gasteiger partial charge in [0.2, 0.25) is 5.91 Å². The molecule has 2 N–H and O–H groups in total. The van der Waals surface area contributed by atoms with Gasteiger partial charge in [0.15, 0.2) is 0 Å². The maximum absolute atomic E-state index is 13.0. The molecule has 19 heavy (non-hydrogen) atoms. The fourth-order valence-corrected chi connectivity index (χ4v) is 1.53. The van der Waals surface area contributed by atoms with Gasteiger partial charge in [0.05, 0.1) is 6.04 Å². The van der Waals surface area contributed by atoms with Crippen molar-refractivity contribution in [3.05, 3.63) is 35.4 Å². The molecule has 0 aromatic heterocycles. The van der Waals surface area contributed by atoms with Crippen LogP contribution in [0.5, 0.6) is 0 Å². The van der Waals surface area contributed by atoms with E-state index in [2.05, 4.69) is 10.6 Å². The Hall–Kier alpha value is -1.49. The SMILES string of the molecule is CC(C)CNC(=O)C(C)NCc1cc(F)cc(F)c1. The lowest BCUT2D eigenvalue weighted by Crippen LogP contribution is -2.42. The van der Waals surface area contributed by atoms with Crippen LogP contribution in [-0.2, 0) is 11.3 Å². The standard InChI is InChI=1S/C14H20F2N2O/c1-9(2)7-18-14(19)10(3)17-8-11-4-12(15)6-13(16)5-11/h4-6,9-10,17H,7-8H2,1-3H3,(H,18,19). The van der Waals surface area contributed by atoms with Crippen LogP contribution in [0.2, 0.25) is 0 Å². The number of rotatable bonds is 6. The molecule has 0 saturated carbocycles. The van der Waals surface area contributed by atoms with Gasteiger partial charge in [-0.2, -0.15) is 0 Å². The van der Waals surface area contributed by atoms with E-state index in [4.69, 9.17) is 0 Å². The largest absolute Gasteiger partial charge is 0.354 e. The molecular formula is C14H20F2N2O. The molecule has 1 unspecified atom stereocenters. The second-order valence-corrected chi connectivity index (χ2v) is 5.02. The predicted octanol–water partition coefficient (Wildman–Crippen LogP) is 2.22. The summed E-state index contributed by atoms with van der Waals surface area (Å²) in [6.07, 6.45) is 0. The van der Waals surface area contributed by atoms with Crippen molar-refractivity contribution in [1.82, 2.24) is 10.6 Å². The maximum atomic E-state index is 13.0. The number of hydrogen-bond acceptors (Lipinski definition) is 2. The zero-order valence-corrected chi connectivity index (χ0v) is 11.5. The van der Waals surface area contributed by atoms with E-state index in [1.54, 1.807) is 6.92 Å². The first-order valence-corrected chi connectivity index (χ1v) is 6.34. The quantitative estimate of drug-likeness (QED) is 0.832. The molecule has 0 aliphatic carbocycles. The predicted molar refractivity (Wildman–Crippen MR) is 70.5 cm³/mol. The maximum Gasteiger partial charge on any atom is 0.236 e. The molecule has 0 aliphatic rings. The summed E-state index contributed by atoms with van der Waals surface area (Å²) in [6, 6.07) is 2.90. The molecule has 0 bridgehead atoms. The number of carbonyl (C=O) groups is 1. The summed E-state index contributed by atoms with van der Waals surface area (Å²) in [4.78, 5) is 11.7. The van der Waals surface area contributed by atoms with Gasteiger partial charge in [-0.15, -0.1) is 0 Å². The Bertz CT molecular complexity index is 415. The molecule has 3 nitrogen and oxygen atoms in total. The second kappa shape index (κ2) is 7.19. The molecule has 1 rings (SSSR count). The van der Waals surface area contributed by atoms with Crippen LogP contribution < -0.4 is 10.6 Å². The van der Waals surface area contributed by atoms with Crippen molar-refractivity contribution in [2.24, 2.45) is 5.92 Å². The van der Waals surface area contributed by atoms with E-state index in [0.29, 0.717) is 18.0 Å². The van der Waals surface area contributed by atoms with Crippen LogP contribution in [-0.4, -0.2) is 18.5 Å². The third-order valence-corrected chi connectivity index (χ3v) is 2.61. The van der Waals surface area contributed by atoms with Gasteiger partial charge in [-0.05, 0) is 30.5 Å². The van der Waals surface area contributed by atoms with Gasteiger partial charge >= 0.3 is 0 Å². The average Bonchev–Trinajstić information content (AvgIpc) is 2.31. The van der Waals surface area contributed by atoms with E-state index in [9.17, 15) is 13.6 Å². The zero-order chi connectivity index (χ0) is 14.4. The lowest BCUT2D eigenvalue weighted by Gasteiger charge is -2.15. The summed E-state index contributed by atoms with van der Waals surface area (Å²) < 4.78 is 25.9. The molecule has 0 heterocycles. The molecule has 1 atom stereocenters. The van der Waals surface area contributed by atoms with Crippen molar-refractivity contribution in [1.29, 1.82) is 0 Å². The molecule has 0 aliphatic heterocycles. The van der Waals surface area contributed by atoms with Crippen molar-refractivity contribution < 1.29 is 13.6 Å². The minimum Gasteiger partial charge on any atom is -0.354 e. The highest BCUT2D eigenvalue weighted by atomic mass is 19.1. The van der Waals surface area contributed by atoms with Gasteiger partial charge in [-0.25, -0.2) is 8.78 Å². The van der Waals surface area contributed by atoms with Gasteiger partial charge in [-0.3, -0.25) is 4.79 Å². The highest BCUT2D eigenvalue weighted by Gasteiger charge is 2.12. The first-order chi connectivity index (χ1) is 8.88. The van der Waals surface area contributed by atoms with Gasteiger partial charge in [0.1, 0.15) is 11.6 Å². The summed E-state index contributed by atoms with van der Waals surface area (Å²) >= 11 is 0. The molecule has 0 radical (unpaired) electrons. The first-order valence-electron chi connectivity index (χ1n) is 6.34. The number of carbonyl (C=O) groups excluding carboxylic acids is 1. The molecule has 0 fully saturated rings. The third-order valence-electron chi connectivity index (χ3n) is 2.61. The van der Waals surface area contributed by atoms with Gasteiger partial charge in [-0.1, -0.05) is 13.8 Å². The number of nitrogens with one attached hydrogen (secondary N) is 2. The molecule has 0 saturated heterocycles. The van der Waals surface area contributed by atoms with Crippen LogP contribution in [0, 0.1) is 17.6 Å². The van der Waals surface area contributed by atoms with E-state index >= 15 is 0 Å². The Morgan fingerprint density at radius 2 is 1.74 bits per heavy atom. The molecular weight excluding hydrogens is 250 g/mol. The van der Waals surface area contributed by atoms with E-state index in [-0.39, 0.29) is 12.5 Å². The van der Waals surface area contributed by atoms with Crippen molar-refractivity contribution in [3.8, 4) is 0 Å². The van der Waals surface area contributed by atoms with Crippen LogP contribution in [0.3, 0.4) is 0 Å². The summed E-state index contributed by atoms with van der Waals surface area (Å²) in [5, 5.41) is 5.72. The molecule has 1 amide bonds. The van der Waals surface area contributed by atoms with Gasteiger partial charge in [0, 0.05) is 19.2 Å². The minimum absolute atomic E-state index is 0.120. The molecule has 5 heteroatoms. The monoisotopic (exact) mass is 270 g/mol. The number of halogens is 2. The highest BCUT2D eigenvalue weighted by Crippen LogP contribution is 2.07. The van der Waals surface area contributed by atoms with Crippen molar-refractivity contribution in [3.63, 3.8) is 0 Å². The Kier molecular flexibility index (Phi) is 5.89. The van der Waals surface area contributed by atoms with Crippen molar-refractivity contribution in [2.75, 3.05) is 6.54 Å². The van der Waals surface area contributed by atoms with E-state index in [1.807, 2.05) is 13.8 Å². The minimum atomic E-state index is -0.617. The van der Waals surface area contributed by atoms with Crippen LogP contribution in [0.4, 0.5) is 8.78 Å². The fraction of sp³-hybridized carbons (Fsp3) is 0.500. The van der Waals surface area contributed by atoms with E-state index < -0.39 is 17.7 Å². The van der Waals surface area contributed by atoms with Crippen molar-refractivity contribution >= 4 is 5.91 Å². The molecule has 0 spiro atoms. The zero-order valence-electron chi connectivity index (χ0n) is 11.5. The third kappa shape index (κ3) is 5.79. The second-order valence-electron chi connectivity index (χ2n) is 5.02. The van der Waals surface area contributed by atoms with Crippen LogP contribution >= 0.6 is 0 Å². The van der Waals surface area contributed by atoms with Gasteiger partial charge in [0.25, 0.3) is 0 Å². The molecule has 1 aromatic carbocycles. The topological polar surface area (TPSA) is 41.1 Å². The lowest BCUT2D eigenvalue weighted by molar-refractivity contribution is -0.122. The van der Waals surface area contributed by atoms with Crippen LogP contribution in [0.15, 0.2) is 18.2 Å². The molecule has 1 aromatic rings. The number of amides is 1. The average molecular weight is 270 g/mol. The Balaban J connectivity index is 2.44. The number of hydrogen-bond donors (Lipinski definition) is 2. The Morgan fingerprint density at radius 3 is 2.26 bits per heavy atom. The summed E-state index contributed by atoms with van der Waals surface area (Å²) in [5.41, 5.74) is 0.473. The van der Waals surface area contributed by atoms with E-state index in [0.717, 1.165) is 6.07 Å². The van der Waals surface area contributed by atoms with Crippen LogP contribution in [0.1, 0.15) is 26.3 Å². The van der Waals surface area contributed by atoms with Gasteiger partial charge < -0.3 is 10.6 Å². The smallest absolute Gasteiger partial charge is 0.236 e. The fourth-order valence-electron chi connectivity index (χ4n) is 1.53. The van der Waals surface area contributed by atoms with Crippen molar-refractivity contribution in [2.45, 2.75) is 33.4 Å². The van der Waals surface area contributed by atoms with E-state index in [1.165, 1.54) is 12.1 Å². The lowest BCUT2D eigenvalue weighted by atomic mass is 10.2. The van der Waals surface area contributed by atoms with Crippen LogP contribution in [0.25, 0.3) is 0 Å². The molecule has 106 valence electrons.